The monoisotopic (exact) mass is 815 g/mol. The second-order valence-electron chi connectivity index (χ2n) is 17.2. The molecule has 0 fully saturated rings. The van der Waals surface area contributed by atoms with Gasteiger partial charge < -0.3 is 9.32 Å². The zero-order valence-corrected chi connectivity index (χ0v) is 35.1. The predicted molar refractivity (Wildman–Crippen MR) is 267 cm³/mol. The van der Waals surface area contributed by atoms with Crippen LogP contribution in [-0.4, -0.2) is 0 Å². The number of furan rings is 1. The first-order valence-corrected chi connectivity index (χ1v) is 22.2. The smallest absolute Gasteiger partial charge is 0.136 e. The molecule has 1 atom stereocenters. The fourth-order valence-corrected chi connectivity index (χ4v) is 10.6. The Bertz CT molecular complexity index is 3550. The second kappa shape index (κ2) is 14.7. The molecule has 64 heavy (non-hydrogen) atoms. The molecule has 1 unspecified atom stereocenters. The molecule has 0 amide bonds. The normalized spacial score (nSPS) is 13.4. The fourth-order valence-electron chi connectivity index (χ4n) is 10.6. The van der Waals surface area contributed by atoms with Crippen LogP contribution in [-0.2, 0) is 6.42 Å². The highest BCUT2D eigenvalue weighted by molar-refractivity contribution is 6.07. The second-order valence-corrected chi connectivity index (χ2v) is 17.2. The molecule has 2 aliphatic carbocycles. The maximum atomic E-state index is 6.39. The minimum Gasteiger partial charge on any atom is -0.456 e. The van der Waals surface area contributed by atoms with Crippen LogP contribution >= 0.6 is 0 Å². The molecule has 2 nitrogen and oxygen atoms in total. The van der Waals surface area contributed by atoms with Crippen LogP contribution in [0.25, 0.3) is 88.7 Å². The van der Waals surface area contributed by atoms with Crippen molar-refractivity contribution in [1.29, 1.82) is 0 Å². The Balaban J connectivity index is 0.876. The van der Waals surface area contributed by atoms with E-state index in [1.165, 1.54) is 66.8 Å². The minimum absolute atomic E-state index is 0.377. The van der Waals surface area contributed by atoms with Gasteiger partial charge in [0.15, 0.2) is 0 Å². The van der Waals surface area contributed by atoms with Crippen LogP contribution in [0.4, 0.5) is 17.1 Å². The van der Waals surface area contributed by atoms with Crippen molar-refractivity contribution in [1.82, 2.24) is 0 Å². The molecule has 1 heterocycles. The van der Waals surface area contributed by atoms with Crippen LogP contribution in [0.2, 0.25) is 0 Å². The molecule has 0 N–H and O–H groups in total. The molecule has 0 aliphatic heterocycles. The Kier molecular flexibility index (Phi) is 8.39. The lowest BCUT2D eigenvalue weighted by atomic mass is 9.75. The summed E-state index contributed by atoms with van der Waals surface area (Å²) in [6.07, 6.45) is 1.04. The summed E-state index contributed by atoms with van der Waals surface area (Å²) in [5.41, 5.74) is 24.5. The number of anilines is 3. The first kappa shape index (κ1) is 36.5. The van der Waals surface area contributed by atoms with Gasteiger partial charge in [-0.15, -0.1) is 0 Å². The van der Waals surface area contributed by atoms with Gasteiger partial charge in [-0.25, -0.2) is 0 Å². The molecule has 10 aromatic carbocycles. The summed E-state index contributed by atoms with van der Waals surface area (Å²) in [6.45, 7) is 0. The van der Waals surface area contributed by atoms with Gasteiger partial charge in [-0.1, -0.05) is 170 Å². The SMILES string of the molecule is c1ccc(-c2ccc(N(c3ccc(-c4ccc5oc6cc(-c7ccccc7)ccc6c5c4)cc3)c3ccc(-c4ccc5c6c4-c4ccccc4CC6c4ccccc4-5)cc3)cc2)cc1. The lowest BCUT2D eigenvalue weighted by Crippen LogP contribution is -2.11. The van der Waals surface area contributed by atoms with Gasteiger partial charge in [-0.05, 0) is 151 Å². The number of hydrogen-bond acceptors (Lipinski definition) is 2. The average molecular weight is 816 g/mol. The van der Waals surface area contributed by atoms with Gasteiger partial charge in [0, 0.05) is 33.8 Å². The number of rotatable bonds is 7. The van der Waals surface area contributed by atoms with Gasteiger partial charge in [0.25, 0.3) is 0 Å². The third-order valence-electron chi connectivity index (χ3n) is 13.6. The number of nitrogens with zero attached hydrogens (tertiary/aromatic N) is 1. The molecular formula is C62H41NO. The Labute approximate surface area is 373 Å². The quantitative estimate of drug-likeness (QED) is 0.159. The molecule has 11 aromatic rings. The van der Waals surface area contributed by atoms with E-state index in [4.69, 9.17) is 4.42 Å². The van der Waals surface area contributed by atoms with Gasteiger partial charge in [-0.2, -0.15) is 0 Å². The Morgan fingerprint density at radius 1 is 0.344 bits per heavy atom. The summed E-state index contributed by atoms with van der Waals surface area (Å²) in [5, 5.41) is 2.25. The third kappa shape index (κ3) is 5.95. The van der Waals surface area contributed by atoms with Crippen LogP contribution in [0, 0.1) is 0 Å². The highest BCUT2D eigenvalue weighted by Gasteiger charge is 2.36. The lowest BCUT2D eigenvalue weighted by Gasteiger charge is -2.28. The molecule has 0 bridgehead atoms. The summed E-state index contributed by atoms with van der Waals surface area (Å²) in [6, 6.07) is 84.1. The number of hydrogen-bond donors (Lipinski definition) is 0. The Morgan fingerprint density at radius 3 is 1.56 bits per heavy atom. The topological polar surface area (TPSA) is 16.4 Å². The van der Waals surface area contributed by atoms with Crippen LogP contribution in [0.5, 0.6) is 0 Å². The number of fused-ring (bicyclic) bond motifs is 8. The van der Waals surface area contributed by atoms with Crippen molar-refractivity contribution in [2.24, 2.45) is 0 Å². The summed E-state index contributed by atoms with van der Waals surface area (Å²) < 4.78 is 6.39. The van der Waals surface area contributed by atoms with E-state index in [2.05, 4.69) is 229 Å². The van der Waals surface area contributed by atoms with Crippen molar-refractivity contribution in [3.8, 4) is 66.8 Å². The Hall–Kier alpha value is -8.20. The van der Waals surface area contributed by atoms with Crippen LogP contribution in [0.3, 0.4) is 0 Å². The first-order chi connectivity index (χ1) is 31.7. The van der Waals surface area contributed by atoms with E-state index in [1.54, 1.807) is 0 Å². The van der Waals surface area contributed by atoms with E-state index in [-0.39, 0.29) is 0 Å². The summed E-state index contributed by atoms with van der Waals surface area (Å²) in [7, 11) is 0. The average Bonchev–Trinajstić information content (AvgIpc) is 3.90. The fraction of sp³-hybridized carbons (Fsp3) is 0.0323. The molecule has 2 heteroatoms. The highest BCUT2D eigenvalue weighted by atomic mass is 16.3. The van der Waals surface area contributed by atoms with E-state index in [0.29, 0.717) is 5.92 Å². The summed E-state index contributed by atoms with van der Waals surface area (Å²) in [4.78, 5) is 2.37. The van der Waals surface area contributed by atoms with Crippen LogP contribution in [0.1, 0.15) is 22.6 Å². The van der Waals surface area contributed by atoms with Gasteiger partial charge >= 0.3 is 0 Å². The van der Waals surface area contributed by atoms with Gasteiger partial charge in [0.1, 0.15) is 11.2 Å². The van der Waals surface area contributed by atoms with Crippen LogP contribution < -0.4 is 4.90 Å². The summed E-state index contributed by atoms with van der Waals surface area (Å²) in [5.74, 6) is 0.377. The predicted octanol–water partition coefficient (Wildman–Crippen LogP) is 17.1. The van der Waals surface area contributed by atoms with Crippen molar-refractivity contribution < 1.29 is 4.42 Å². The van der Waals surface area contributed by atoms with E-state index >= 15 is 0 Å². The van der Waals surface area contributed by atoms with E-state index in [0.717, 1.165) is 62.1 Å². The molecule has 1 aromatic heterocycles. The van der Waals surface area contributed by atoms with Gasteiger partial charge in [0.05, 0.1) is 0 Å². The van der Waals surface area contributed by atoms with E-state index < -0.39 is 0 Å². The van der Waals surface area contributed by atoms with Crippen molar-refractivity contribution in [3.63, 3.8) is 0 Å². The van der Waals surface area contributed by atoms with Crippen molar-refractivity contribution in [3.05, 3.63) is 247 Å². The van der Waals surface area contributed by atoms with E-state index in [1.807, 2.05) is 6.07 Å². The first-order valence-electron chi connectivity index (χ1n) is 22.2. The molecule has 0 spiro atoms. The van der Waals surface area contributed by atoms with Crippen molar-refractivity contribution >= 4 is 39.0 Å². The van der Waals surface area contributed by atoms with Crippen LogP contribution in [0.15, 0.2) is 235 Å². The van der Waals surface area contributed by atoms with E-state index in [9.17, 15) is 0 Å². The molecule has 13 rings (SSSR count). The molecule has 300 valence electrons. The van der Waals surface area contributed by atoms with Gasteiger partial charge in [0.2, 0.25) is 0 Å². The molecule has 0 saturated carbocycles. The van der Waals surface area contributed by atoms with Crippen molar-refractivity contribution in [2.75, 3.05) is 4.90 Å². The lowest BCUT2D eigenvalue weighted by molar-refractivity contribution is 0.669. The maximum Gasteiger partial charge on any atom is 0.136 e. The molecule has 2 aliphatic rings. The molecular weight excluding hydrogens is 775 g/mol. The molecule has 0 saturated heterocycles. The third-order valence-corrected chi connectivity index (χ3v) is 13.6. The largest absolute Gasteiger partial charge is 0.456 e. The maximum absolute atomic E-state index is 6.39. The zero-order chi connectivity index (χ0) is 42.1. The highest BCUT2D eigenvalue weighted by Crippen LogP contribution is 2.56. The Morgan fingerprint density at radius 2 is 0.859 bits per heavy atom. The number of benzene rings is 10. The van der Waals surface area contributed by atoms with Crippen molar-refractivity contribution in [2.45, 2.75) is 12.3 Å². The summed E-state index contributed by atoms with van der Waals surface area (Å²) >= 11 is 0. The zero-order valence-electron chi connectivity index (χ0n) is 35.1. The minimum atomic E-state index is 0.377. The molecule has 0 radical (unpaired) electrons. The van der Waals surface area contributed by atoms with Gasteiger partial charge in [-0.3, -0.25) is 0 Å². The standard InChI is InChI=1S/C62H41NO/c1-3-11-40(12-4-1)42-19-27-48(28-20-42)63(49-29-21-43(22-30-49)45-26-36-59-57(37-45)55-33-25-46(39-60(55)64-59)41-13-5-2-6-14-41)50-31-23-44(24-32-50)52-34-35-56-53-17-9-10-18-54(53)58-38-47-15-7-8-16-51(47)61(52)62(56)58/h1-37,39,58H,38H2.